The molecule has 1 aromatic carbocycles. The van der Waals surface area contributed by atoms with E-state index in [1.165, 1.54) is 22.9 Å². The zero-order valence-corrected chi connectivity index (χ0v) is 13.3. The van der Waals surface area contributed by atoms with Crippen LogP contribution in [0.5, 0.6) is 5.75 Å². The van der Waals surface area contributed by atoms with Crippen LogP contribution >= 0.6 is 0 Å². The van der Waals surface area contributed by atoms with Crippen molar-refractivity contribution in [1.29, 1.82) is 0 Å². The van der Waals surface area contributed by atoms with Crippen molar-refractivity contribution in [2.24, 2.45) is 0 Å². The fourth-order valence-electron chi connectivity index (χ4n) is 2.23. The number of aromatic nitrogens is 4. The highest BCUT2D eigenvalue weighted by molar-refractivity contribution is 5.53. The maximum absolute atomic E-state index is 10.9. The first-order valence-electron chi connectivity index (χ1n) is 7.40. The molecule has 10 nitrogen and oxygen atoms in total. The molecular weight excluding hydrogens is 330 g/mol. The van der Waals surface area contributed by atoms with Crippen LogP contribution in [0, 0.1) is 17.0 Å². The van der Waals surface area contributed by atoms with Crippen molar-refractivity contribution >= 4 is 5.82 Å². The lowest BCUT2D eigenvalue weighted by atomic mass is 10.2. The molecule has 0 aliphatic carbocycles. The highest BCUT2D eigenvalue weighted by Gasteiger charge is 2.17. The number of ether oxygens (including phenoxy) is 1. The minimum atomic E-state index is -0.484. The van der Waals surface area contributed by atoms with Gasteiger partial charge in [0.05, 0.1) is 6.61 Å². The monoisotopic (exact) mass is 345 g/mol. The summed E-state index contributed by atoms with van der Waals surface area (Å²) < 4.78 is 12.4. The number of phenolic OH excluding ortho intramolecular Hbond substituents is 1. The van der Waals surface area contributed by atoms with Crippen LogP contribution < -0.4 is 0 Å². The number of phenols is 1. The number of hydrogen-bond donors (Lipinski definition) is 1. The van der Waals surface area contributed by atoms with Crippen LogP contribution in [0.3, 0.4) is 0 Å². The highest BCUT2D eigenvalue weighted by Crippen LogP contribution is 2.20. The molecule has 0 aliphatic heterocycles. The Bertz CT molecular complexity index is 871. The zero-order valence-electron chi connectivity index (χ0n) is 13.3. The summed E-state index contributed by atoms with van der Waals surface area (Å²) in [6, 6.07) is 6.37. The molecule has 0 spiro atoms. The third-order valence-corrected chi connectivity index (χ3v) is 3.49. The zero-order chi connectivity index (χ0) is 17.8. The second-order valence-corrected chi connectivity index (χ2v) is 5.17. The Labute approximate surface area is 141 Å². The lowest BCUT2D eigenvalue weighted by Gasteiger charge is -2.03. The van der Waals surface area contributed by atoms with Crippen LogP contribution in [-0.4, -0.2) is 36.4 Å². The average Bonchev–Trinajstić information content (AvgIpc) is 3.19. The van der Waals surface area contributed by atoms with E-state index in [1.54, 1.807) is 19.1 Å². The van der Waals surface area contributed by atoms with Crippen molar-refractivity contribution in [3.8, 4) is 17.2 Å². The van der Waals surface area contributed by atoms with Gasteiger partial charge in [0.15, 0.2) is 5.82 Å². The van der Waals surface area contributed by atoms with E-state index in [9.17, 15) is 15.2 Å². The number of imidazole rings is 1. The van der Waals surface area contributed by atoms with E-state index in [0.29, 0.717) is 29.7 Å². The lowest BCUT2D eigenvalue weighted by Crippen LogP contribution is -2.10. The summed E-state index contributed by atoms with van der Waals surface area (Å²) in [5.41, 5.74) is 0.682. The summed E-state index contributed by atoms with van der Waals surface area (Å²) in [5, 5.41) is 28.0. The number of aryl methyl sites for hydroxylation is 1. The van der Waals surface area contributed by atoms with Gasteiger partial charge in [-0.2, -0.15) is 0 Å². The molecule has 0 aliphatic rings. The maximum Gasteiger partial charge on any atom is 0.342 e. The molecule has 0 fully saturated rings. The molecule has 0 unspecified atom stereocenters. The number of nitrogens with zero attached hydrogens (tertiary/aromatic N) is 5. The van der Waals surface area contributed by atoms with Gasteiger partial charge in [-0.25, -0.2) is 9.55 Å². The predicted octanol–water partition coefficient (Wildman–Crippen LogP) is 2.07. The van der Waals surface area contributed by atoms with E-state index in [0.717, 1.165) is 0 Å². The Hall–Kier alpha value is -3.27. The fourth-order valence-corrected chi connectivity index (χ4v) is 2.23. The van der Waals surface area contributed by atoms with Crippen LogP contribution in [0.25, 0.3) is 11.5 Å². The summed E-state index contributed by atoms with van der Waals surface area (Å²) in [6.45, 7) is 2.30. The second kappa shape index (κ2) is 7.09. The molecule has 3 rings (SSSR count). The minimum Gasteiger partial charge on any atom is -0.508 e. The highest BCUT2D eigenvalue weighted by atomic mass is 16.6. The molecule has 1 N–H and O–H groups in total. The van der Waals surface area contributed by atoms with E-state index in [2.05, 4.69) is 15.2 Å². The Morgan fingerprint density at radius 3 is 2.80 bits per heavy atom. The normalized spacial score (nSPS) is 10.9. The molecule has 2 aromatic heterocycles. The maximum atomic E-state index is 10.9. The van der Waals surface area contributed by atoms with Crippen molar-refractivity contribution in [3.63, 3.8) is 0 Å². The van der Waals surface area contributed by atoms with Gasteiger partial charge >= 0.3 is 5.82 Å². The van der Waals surface area contributed by atoms with Gasteiger partial charge in [0.2, 0.25) is 11.8 Å². The van der Waals surface area contributed by atoms with E-state index < -0.39 is 4.92 Å². The lowest BCUT2D eigenvalue weighted by molar-refractivity contribution is -0.392. The van der Waals surface area contributed by atoms with E-state index in [-0.39, 0.29) is 24.8 Å². The van der Waals surface area contributed by atoms with E-state index in [4.69, 9.17) is 9.15 Å². The summed E-state index contributed by atoms with van der Waals surface area (Å²) in [7, 11) is 0. The summed E-state index contributed by atoms with van der Waals surface area (Å²) in [4.78, 5) is 14.3. The van der Waals surface area contributed by atoms with Crippen LogP contribution in [0.15, 0.2) is 34.9 Å². The van der Waals surface area contributed by atoms with Crippen LogP contribution in [0.1, 0.15) is 11.7 Å². The van der Waals surface area contributed by atoms with Gasteiger partial charge in [0.1, 0.15) is 25.1 Å². The van der Waals surface area contributed by atoms with Crippen LogP contribution in [0.2, 0.25) is 0 Å². The molecule has 10 heteroatoms. The summed E-state index contributed by atoms with van der Waals surface area (Å²) in [5.74, 6) is 1.23. The molecule has 2 heterocycles. The van der Waals surface area contributed by atoms with Crippen molar-refractivity contribution in [2.45, 2.75) is 20.1 Å². The fraction of sp³-hybridized carbons (Fsp3) is 0.267. The first-order chi connectivity index (χ1) is 12.0. The Morgan fingerprint density at radius 2 is 2.08 bits per heavy atom. The van der Waals surface area contributed by atoms with E-state index in [1.807, 2.05) is 0 Å². The third-order valence-electron chi connectivity index (χ3n) is 3.49. The van der Waals surface area contributed by atoms with Gasteiger partial charge in [0, 0.05) is 12.5 Å². The van der Waals surface area contributed by atoms with Crippen molar-refractivity contribution in [2.75, 3.05) is 6.61 Å². The molecule has 0 saturated carbocycles. The van der Waals surface area contributed by atoms with E-state index >= 15 is 0 Å². The number of hydrogen-bond acceptors (Lipinski definition) is 8. The largest absolute Gasteiger partial charge is 0.508 e. The van der Waals surface area contributed by atoms with Crippen molar-refractivity contribution < 1.29 is 19.2 Å². The molecule has 3 aromatic rings. The number of nitro groups is 1. The first kappa shape index (κ1) is 16.6. The van der Waals surface area contributed by atoms with Crippen molar-refractivity contribution in [1.82, 2.24) is 19.7 Å². The topological polar surface area (TPSA) is 129 Å². The number of aromatic hydroxyl groups is 1. The molecule has 0 radical (unpaired) electrons. The molecule has 130 valence electrons. The van der Waals surface area contributed by atoms with Crippen molar-refractivity contribution in [3.05, 3.63) is 52.3 Å². The van der Waals surface area contributed by atoms with Gasteiger partial charge in [0.25, 0.3) is 0 Å². The molecule has 0 saturated heterocycles. The molecule has 25 heavy (non-hydrogen) atoms. The van der Waals surface area contributed by atoms with Gasteiger partial charge in [-0.05, 0) is 29.2 Å². The summed E-state index contributed by atoms with van der Waals surface area (Å²) in [6.07, 6.45) is 1.22. The van der Waals surface area contributed by atoms with Crippen LogP contribution in [-0.2, 0) is 17.9 Å². The van der Waals surface area contributed by atoms with Gasteiger partial charge < -0.3 is 24.4 Å². The molecule has 0 bridgehead atoms. The standard InChI is InChI=1S/C15H15N5O5/c1-10-16-8-14(20(22)23)19(10)6-7-24-9-13-17-18-15(25-13)11-2-4-12(21)5-3-11/h2-5,8,21H,6-7,9H2,1H3. The molecule has 0 atom stereocenters. The number of rotatable bonds is 7. The average molecular weight is 345 g/mol. The number of benzene rings is 1. The first-order valence-corrected chi connectivity index (χ1v) is 7.40. The molecule has 0 amide bonds. The minimum absolute atomic E-state index is 0.0755. The molecular formula is C15H15N5O5. The Kier molecular flexibility index (Phi) is 4.70. The quantitative estimate of drug-likeness (QED) is 0.391. The second-order valence-electron chi connectivity index (χ2n) is 5.17. The third kappa shape index (κ3) is 3.80. The summed E-state index contributed by atoms with van der Waals surface area (Å²) >= 11 is 0. The SMILES string of the molecule is Cc1ncc([N+](=O)[O-])n1CCOCc1nnc(-c2ccc(O)cc2)o1. The predicted molar refractivity (Wildman–Crippen MR) is 84.7 cm³/mol. The Balaban J connectivity index is 1.54. The van der Waals surface area contributed by atoms with Gasteiger partial charge in [-0.3, -0.25) is 0 Å². The Morgan fingerprint density at radius 1 is 1.32 bits per heavy atom. The van der Waals surface area contributed by atoms with Gasteiger partial charge in [-0.15, -0.1) is 10.2 Å². The van der Waals surface area contributed by atoms with Gasteiger partial charge in [-0.1, -0.05) is 0 Å². The van der Waals surface area contributed by atoms with Crippen LogP contribution in [0.4, 0.5) is 5.82 Å². The smallest absolute Gasteiger partial charge is 0.342 e.